The number of nitrogens with zero attached hydrogens (tertiary/aromatic N) is 3. The van der Waals surface area contributed by atoms with Crippen molar-refractivity contribution >= 4 is 17.5 Å². The monoisotopic (exact) mass is 358 g/mol. The lowest BCUT2D eigenvalue weighted by Crippen LogP contribution is -2.41. The van der Waals surface area contributed by atoms with Gasteiger partial charge < -0.3 is 19.9 Å². The lowest BCUT2D eigenvalue weighted by molar-refractivity contribution is 0.176. The zero-order valence-corrected chi connectivity index (χ0v) is 15.0. The summed E-state index contributed by atoms with van der Waals surface area (Å²) in [6.07, 6.45) is 3.49. The fourth-order valence-corrected chi connectivity index (χ4v) is 2.94. The third kappa shape index (κ3) is 4.41. The van der Waals surface area contributed by atoms with Gasteiger partial charge in [0.25, 0.3) is 0 Å². The Morgan fingerprint density at radius 2 is 2.12 bits per heavy atom. The molecule has 0 spiro atoms. The van der Waals surface area contributed by atoms with Crippen LogP contribution in [0.2, 0.25) is 0 Å². The van der Waals surface area contributed by atoms with E-state index in [1.54, 1.807) is 29.3 Å². The average Bonchev–Trinajstić information content (AvgIpc) is 3.10. The number of nitrogens with one attached hydrogen (secondary N) is 1. The molecule has 1 saturated heterocycles. The molecule has 0 aliphatic carbocycles. The summed E-state index contributed by atoms with van der Waals surface area (Å²) in [6, 6.07) is 9.35. The SMILES string of the molecule is CN(C)c1cc(NC(=O)N2CCC[C@H]2COc2ccc(F)cc2)ccn1. The first-order chi connectivity index (χ1) is 12.5. The van der Waals surface area contributed by atoms with Gasteiger partial charge in [0, 0.05) is 38.6 Å². The molecule has 1 aromatic carbocycles. The van der Waals surface area contributed by atoms with E-state index in [-0.39, 0.29) is 17.9 Å². The lowest BCUT2D eigenvalue weighted by Gasteiger charge is -2.25. The first kappa shape index (κ1) is 18.0. The van der Waals surface area contributed by atoms with E-state index >= 15 is 0 Å². The molecule has 0 bridgehead atoms. The number of carbonyl (C=O) groups is 1. The van der Waals surface area contributed by atoms with Crippen LogP contribution in [0.4, 0.5) is 20.7 Å². The number of hydrogen-bond donors (Lipinski definition) is 1. The molecule has 3 rings (SSSR count). The molecule has 2 amide bonds. The van der Waals surface area contributed by atoms with Gasteiger partial charge in [-0.05, 0) is 43.2 Å². The predicted molar refractivity (Wildman–Crippen MR) is 99.2 cm³/mol. The van der Waals surface area contributed by atoms with E-state index in [1.807, 2.05) is 25.1 Å². The summed E-state index contributed by atoms with van der Waals surface area (Å²) >= 11 is 0. The topological polar surface area (TPSA) is 57.7 Å². The van der Waals surface area contributed by atoms with Crippen molar-refractivity contribution in [1.29, 1.82) is 0 Å². The van der Waals surface area contributed by atoms with Crippen molar-refractivity contribution in [1.82, 2.24) is 9.88 Å². The van der Waals surface area contributed by atoms with Gasteiger partial charge >= 0.3 is 6.03 Å². The van der Waals surface area contributed by atoms with Crippen LogP contribution in [0.25, 0.3) is 0 Å². The lowest BCUT2D eigenvalue weighted by atomic mass is 10.2. The molecule has 2 heterocycles. The summed E-state index contributed by atoms with van der Waals surface area (Å²) in [5.41, 5.74) is 0.707. The highest BCUT2D eigenvalue weighted by Crippen LogP contribution is 2.21. The summed E-state index contributed by atoms with van der Waals surface area (Å²) in [7, 11) is 3.80. The minimum Gasteiger partial charge on any atom is -0.491 e. The van der Waals surface area contributed by atoms with Gasteiger partial charge in [0.15, 0.2) is 0 Å². The Morgan fingerprint density at radius 3 is 2.85 bits per heavy atom. The van der Waals surface area contributed by atoms with E-state index in [9.17, 15) is 9.18 Å². The summed E-state index contributed by atoms with van der Waals surface area (Å²) in [5.74, 6) is 1.08. The molecule has 0 saturated carbocycles. The normalized spacial score (nSPS) is 16.4. The minimum absolute atomic E-state index is 0.00444. The largest absolute Gasteiger partial charge is 0.491 e. The van der Waals surface area contributed by atoms with Crippen LogP contribution in [0.3, 0.4) is 0 Å². The van der Waals surface area contributed by atoms with Crippen molar-refractivity contribution in [3.8, 4) is 5.75 Å². The Labute approximate surface area is 152 Å². The Morgan fingerprint density at radius 1 is 1.35 bits per heavy atom. The molecular formula is C19H23FN4O2. The molecule has 1 aliphatic heterocycles. The number of carbonyl (C=O) groups excluding carboxylic acids is 1. The second kappa shape index (κ2) is 8.03. The summed E-state index contributed by atoms with van der Waals surface area (Å²) in [5, 5.41) is 2.93. The van der Waals surface area contributed by atoms with Crippen LogP contribution in [0.15, 0.2) is 42.6 Å². The summed E-state index contributed by atoms with van der Waals surface area (Å²) in [6.45, 7) is 1.08. The standard InChI is InChI=1S/C19H23FN4O2/c1-23(2)18-12-15(9-10-21-18)22-19(25)24-11-3-4-16(24)13-26-17-7-5-14(20)6-8-17/h5-10,12,16H,3-4,11,13H2,1-2H3,(H,21,22,25)/t16-/m0/s1. The molecule has 26 heavy (non-hydrogen) atoms. The van der Waals surface area contributed by atoms with Crippen molar-refractivity contribution in [3.63, 3.8) is 0 Å². The van der Waals surface area contributed by atoms with E-state index in [2.05, 4.69) is 10.3 Å². The van der Waals surface area contributed by atoms with Crippen LogP contribution in [0.5, 0.6) is 5.75 Å². The number of ether oxygens (including phenoxy) is 1. The number of aromatic nitrogens is 1. The van der Waals surface area contributed by atoms with Gasteiger partial charge in [-0.25, -0.2) is 14.2 Å². The fourth-order valence-electron chi connectivity index (χ4n) is 2.94. The van der Waals surface area contributed by atoms with Gasteiger partial charge in [0.05, 0.1) is 6.04 Å². The van der Waals surface area contributed by atoms with Crippen LogP contribution in [0, 0.1) is 5.82 Å². The van der Waals surface area contributed by atoms with Gasteiger partial charge in [-0.3, -0.25) is 0 Å². The molecule has 0 unspecified atom stereocenters. The van der Waals surface area contributed by atoms with Crippen molar-refractivity contribution in [2.75, 3.05) is 37.5 Å². The zero-order chi connectivity index (χ0) is 18.5. The number of rotatable bonds is 5. The van der Waals surface area contributed by atoms with E-state index in [1.165, 1.54) is 12.1 Å². The van der Waals surface area contributed by atoms with Crippen LogP contribution in [-0.2, 0) is 0 Å². The number of hydrogen-bond acceptors (Lipinski definition) is 4. The van der Waals surface area contributed by atoms with Crippen LogP contribution >= 0.6 is 0 Å². The molecule has 1 aliphatic rings. The number of benzene rings is 1. The van der Waals surface area contributed by atoms with E-state index in [0.29, 0.717) is 24.6 Å². The number of pyridine rings is 1. The van der Waals surface area contributed by atoms with Crippen LogP contribution < -0.4 is 15.0 Å². The smallest absolute Gasteiger partial charge is 0.322 e. The molecule has 1 fully saturated rings. The molecule has 0 radical (unpaired) electrons. The second-order valence-electron chi connectivity index (χ2n) is 6.48. The number of likely N-dealkylation sites (tertiary alicyclic amines) is 1. The van der Waals surface area contributed by atoms with Gasteiger partial charge in [0.2, 0.25) is 0 Å². The highest BCUT2D eigenvalue weighted by atomic mass is 19.1. The molecule has 1 atom stereocenters. The van der Waals surface area contributed by atoms with Gasteiger partial charge in [-0.2, -0.15) is 0 Å². The Kier molecular flexibility index (Phi) is 5.55. The molecule has 6 nitrogen and oxygen atoms in total. The van der Waals surface area contributed by atoms with E-state index in [0.717, 1.165) is 18.7 Å². The summed E-state index contributed by atoms with van der Waals surface area (Å²) < 4.78 is 18.7. The van der Waals surface area contributed by atoms with Crippen molar-refractivity contribution in [2.45, 2.75) is 18.9 Å². The van der Waals surface area contributed by atoms with Crippen LogP contribution in [0.1, 0.15) is 12.8 Å². The molecule has 2 aromatic rings. The van der Waals surface area contributed by atoms with Crippen LogP contribution in [-0.4, -0.2) is 49.2 Å². The second-order valence-corrected chi connectivity index (χ2v) is 6.48. The Hall–Kier alpha value is -2.83. The molecule has 1 aromatic heterocycles. The number of anilines is 2. The van der Waals surface area contributed by atoms with E-state index < -0.39 is 0 Å². The first-order valence-corrected chi connectivity index (χ1v) is 8.62. The third-order valence-corrected chi connectivity index (χ3v) is 4.35. The van der Waals surface area contributed by atoms with E-state index in [4.69, 9.17) is 4.74 Å². The van der Waals surface area contributed by atoms with Crippen molar-refractivity contribution in [3.05, 3.63) is 48.4 Å². The van der Waals surface area contributed by atoms with Crippen molar-refractivity contribution < 1.29 is 13.9 Å². The van der Waals surface area contributed by atoms with Crippen molar-refractivity contribution in [2.24, 2.45) is 0 Å². The maximum absolute atomic E-state index is 13.0. The highest BCUT2D eigenvalue weighted by molar-refractivity contribution is 5.90. The Balaban J connectivity index is 1.59. The quantitative estimate of drug-likeness (QED) is 0.890. The minimum atomic E-state index is -0.298. The Bertz CT molecular complexity index is 751. The van der Waals surface area contributed by atoms with Gasteiger partial charge in [0.1, 0.15) is 24.0 Å². The summed E-state index contributed by atoms with van der Waals surface area (Å²) in [4.78, 5) is 20.6. The molecular weight excluding hydrogens is 335 g/mol. The first-order valence-electron chi connectivity index (χ1n) is 8.62. The number of amides is 2. The highest BCUT2D eigenvalue weighted by Gasteiger charge is 2.29. The number of urea groups is 1. The average molecular weight is 358 g/mol. The van der Waals surface area contributed by atoms with Gasteiger partial charge in [-0.1, -0.05) is 0 Å². The molecule has 138 valence electrons. The number of halogens is 1. The maximum atomic E-state index is 13.0. The molecule has 7 heteroatoms. The zero-order valence-electron chi connectivity index (χ0n) is 15.0. The molecule has 1 N–H and O–H groups in total. The third-order valence-electron chi connectivity index (χ3n) is 4.35. The van der Waals surface area contributed by atoms with Gasteiger partial charge in [-0.15, -0.1) is 0 Å². The predicted octanol–water partition coefficient (Wildman–Crippen LogP) is 3.36. The maximum Gasteiger partial charge on any atom is 0.322 e. The fraction of sp³-hybridized carbons (Fsp3) is 0.368.